The highest BCUT2D eigenvalue weighted by Gasteiger charge is 2.13. The number of rotatable bonds is 5. The molecule has 0 aliphatic rings. The third-order valence-corrected chi connectivity index (χ3v) is 3.60. The van der Waals surface area contributed by atoms with Crippen LogP contribution in [-0.4, -0.2) is 16.0 Å². The zero-order valence-corrected chi connectivity index (χ0v) is 13.5. The van der Waals surface area contributed by atoms with Gasteiger partial charge >= 0.3 is 5.97 Å². The minimum Gasteiger partial charge on any atom is -0.455 e. The molecule has 8 heteroatoms. The van der Waals surface area contributed by atoms with E-state index < -0.39 is 10.9 Å². The second-order valence-electron chi connectivity index (χ2n) is 5.07. The fourth-order valence-electron chi connectivity index (χ4n) is 2.07. The maximum atomic E-state index is 11.9. The van der Waals surface area contributed by atoms with Gasteiger partial charge in [0.05, 0.1) is 10.5 Å². The molecule has 1 heterocycles. The quantitative estimate of drug-likeness (QED) is 0.384. The number of carbonyl (C=O) groups is 1. The van der Waals surface area contributed by atoms with Crippen LogP contribution in [0.25, 0.3) is 11.3 Å². The smallest absolute Gasteiger partial charge is 0.338 e. The van der Waals surface area contributed by atoms with Crippen LogP contribution in [0.1, 0.15) is 16.1 Å². The van der Waals surface area contributed by atoms with E-state index in [1.807, 2.05) is 0 Å². The molecule has 0 unspecified atom stereocenters. The van der Waals surface area contributed by atoms with Crippen LogP contribution in [0.2, 0.25) is 5.02 Å². The van der Waals surface area contributed by atoms with Crippen molar-refractivity contribution in [1.82, 2.24) is 5.16 Å². The van der Waals surface area contributed by atoms with Crippen LogP contribution in [0, 0.1) is 10.1 Å². The molecule has 3 aromatic rings. The topological polar surface area (TPSA) is 95.5 Å². The Hall–Kier alpha value is -3.19. The molecule has 0 saturated heterocycles. The van der Waals surface area contributed by atoms with E-state index in [2.05, 4.69) is 5.16 Å². The van der Waals surface area contributed by atoms with Gasteiger partial charge in [-0.15, -0.1) is 0 Å². The van der Waals surface area contributed by atoms with Crippen LogP contribution in [-0.2, 0) is 11.3 Å². The first-order valence-corrected chi connectivity index (χ1v) is 7.54. The summed E-state index contributed by atoms with van der Waals surface area (Å²) in [6, 6.07) is 13.8. The Morgan fingerprint density at radius 2 is 1.84 bits per heavy atom. The third-order valence-electron chi connectivity index (χ3n) is 3.35. The molecule has 0 atom stereocenters. The maximum absolute atomic E-state index is 11.9. The summed E-state index contributed by atoms with van der Waals surface area (Å²) >= 11 is 5.83. The Bertz CT molecular complexity index is 904. The van der Waals surface area contributed by atoms with Gasteiger partial charge in [0.1, 0.15) is 12.3 Å². The van der Waals surface area contributed by atoms with Crippen LogP contribution in [0.4, 0.5) is 5.69 Å². The van der Waals surface area contributed by atoms with Crippen molar-refractivity contribution in [3.05, 3.63) is 81.0 Å². The van der Waals surface area contributed by atoms with Gasteiger partial charge in [-0.3, -0.25) is 10.1 Å². The molecule has 0 amide bonds. The van der Waals surface area contributed by atoms with Crippen molar-refractivity contribution >= 4 is 23.3 Å². The third kappa shape index (κ3) is 4.02. The maximum Gasteiger partial charge on any atom is 0.338 e. The molecule has 2 aromatic carbocycles. The van der Waals surface area contributed by atoms with Gasteiger partial charge in [0, 0.05) is 28.8 Å². The van der Waals surface area contributed by atoms with E-state index in [-0.39, 0.29) is 17.9 Å². The largest absolute Gasteiger partial charge is 0.455 e. The van der Waals surface area contributed by atoms with E-state index in [1.165, 1.54) is 24.3 Å². The second kappa shape index (κ2) is 7.14. The molecule has 126 valence electrons. The van der Waals surface area contributed by atoms with Gasteiger partial charge in [-0.05, 0) is 36.4 Å². The number of carbonyl (C=O) groups excluding carboxylic acids is 1. The van der Waals surface area contributed by atoms with Crippen molar-refractivity contribution in [1.29, 1.82) is 0 Å². The van der Waals surface area contributed by atoms with E-state index in [0.717, 1.165) is 5.56 Å². The summed E-state index contributed by atoms with van der Waals surface area (Å²) in [7, 11) is 0. The number of aromatic nitrogens is 1. The summed E-state index contributed by atoms with van der Waals surface area (Å²) in [6.07, 6.45) is 0. The Labute approximate surface area is 146 Å². The summed E-state index contributed by atoms with van der Waals surface area (Å²) in [5.41, 5.74) is 1.36. The van der Waals surface area contributed by atoms with Crippen molar-refractivity contribution < 1.29 is 19.0 Å². The number of benzene rings is 2. The van der Waals surface area contributed by atoms with Crippen molar-refractivity contribution in [2.24, 2.45) is 0 Å². The summed E-state index contributed by atoms with van der Waals surface area (Å²) in [5.74, 6) is -0.0796. The Balaban J connectivity index is 1.62. The molecular weight excluding hydrogens is 348 g/mol. The molecule has 7 nitrogen and oxygen atoms in total. The molecule has 3 rings (SSSR count). The average Bonchev–Trinajstić information content (AvgIpc) is 3.09. The van der Waals surface area contributed by atoms with Gasteiger partial charge in [-0.25, -0.2) is 4.79 Å². The molecule has 0 bridgehead atoms. The zero-order chi connectivity index (χ0) is 17.8. The minimum absolute atomic E-state index is 0.0765. The predicted octanol–water partition coefficient (Wildman–Crippen LogP) is 4.26. The van der Waals surface area contributed by atoms with Crippen LogP contribution in [0.5, 0.6) is 0 Å². The highest BCUT2D eigenvalue weighted by atomic mass is 35.5. The van der Waals surface area contributed by atoms with Crippen molar-refractivity contribution in [2.75, 3.05) is 0 Å². The van der Waals surface area contributed by atoms with Crippen LogP contribution < -0.4 is 0 Å². The molecule has 0 spiro atoms. The van der Waals surface area contributed by atoms with E-state index in [4.69, 9.17) is 20.9 Å². The van der Waals surface area contributed by atoms with Gasteiger partial charge < -0.3 is 9.26 Å². The number of nitro groups is 1. The normalized spacial score (nSPS) is 10.4. The Morgan fingerprint density at radius 3 is 2.48 bits per heavy atom. The monoisotopic (exact) mass is 358 g/mol. The lowest BCUT2D eigenvalue weighted by molar-refractivity contribution is -0.384. The number of esters is 1. The minimum atomic E-state index is -0.606. The highest BCUT2D eigenvalue weighted by Crippen LogP contribution is 2.22. The average molecular weight is 359 g/mol. The van der Waals surface area contributed by atoms with Gasteiger partial charge in [-0.1, -0.05) is 16.8 Å². The molecule has 25 heavy (non-hydrogen) atoms. The first-order chi connectivity index (χ1) is 12.0. The fourth-order valence-corrected chi connectivity index (χ4v) is 2.20. The van der Waals surface area contributed by atoms with Crippen LogP contribution in [0.15, 0.2) is 59.1 Å². The highest BCUT2D eigenvalue weighted by molar-refractivity contribution is 6.30. The number of hydrogen-bond acceptors (Lipinski definition) is 6. The number of hydrogen-bond donors (Lipinski definition) is 0. The number of nitro benzene ring substituents is 1. The Morgan fingerprint density at radius 1 is 1.16 bits per heavy atom. The van der Waals surface area contributed by atoms with Gasteiger partial charge in [0.25, 0.3) is 5.69 Å². The number of halogens is 1. The second-order valence-corrected chi connectivity index (χ2v) is 5.51. The summed E-state index contributed by atoms with van der Waals surface area (Å²) in [4.78, 5) is 22.0. The lowest BCUT2D eigenvalue weighted by atomic mass is 10.1. The fraction of sp³-hybridized carbons (Fsp3) is 0.0588. The van der Waals surface area contributed by atoms with E-state index in [0.29, 0.717) is 16.5 Å². The van der Waals surface area contributed by atoms with Crippen LogP contribution in [0.3, 0.4) is 0 Å². The predicted molar refractivity (Wildman–Crippen MR) is 89.2 cm³/mol. The summed E-state index contributed by atoms with van der Waals surface area (Å²) < 4.78 is 10.3. The summed E-state index contributed by atoms with van der Waals surface area (Å²) in [5, 5.41) is 15.0. The van der Waals surface area contributed by atoms with Gasteiger partial charge in [-0.2, -0.15) is 0 Å². The van der Waals surface area contributed by atoms with Crippen molar-refractivity contribution in [2.45, 2.75) is 6.61 Å². The number of ether oxygens (including phenoxy) is 1. The first-order valence-electron chi connectivity index (χ1n) is 7.16. The van der Waals surface area contributed by atoms with Gasteiger partial charge in [0.15, 0.2) is 5.76 Å². The van der Waals surface area contributed by atoms with E-state index in [9.17, 15) is 14.9 Å². The molecule has 0 N–H and O–H groups in total. The molecule has 0 saturated carbocycles. The zero-order valence-electron chi connectivity index (χ0n) is 12.7. The van der Waals surface area contributed by atoms with Crippen LogP contribution >= 0.6 is 11.6 Å². The Kier molecular flexibility index (Phi) is 4.76. The lowest BCUT2D eigenvalue weighted by Gasteiger charge is -2.02. The summed E-state index contributed by atoms with van der Waals surface area (Å²) in [6.45, 7) is -0.0765. The van der Waals surface area contributed by atoms with E-state index >= 15 is 0 Å². The lowest BCUT2D eigenvalue weighted by Crippen LogP contribution is -2.05. The number of nitrogens with zero attached hydrogens (tertiary/aromatic N) is 2. The number of non-ortho nitro benzene ring substituents is 1. The van der Waals surface area contributed by atoms with E-state index in [1.54, 1.807) is 30.3 Å². The molecule has 1 aromatic heterocycles. The van der Waals surface area contributed by atoms with Crippen molar-refractivity contribution in [3.8, 4) is 11.3 Å². The SMILES string of the molecule is O=C(OCc1cc(-c2ccc(Cl)cc2)on1)c1ccc([N+](=O)[O-])cc1. The molecule has 0 fully saturated rings. The van der Waals surface area contributed by atoms with Gasteiger partial charge in [0.2, 0.25) is 0 Å². The van der Waals surface area contributed by atoms with Crippen molar-refractivity contribution in [3.63, 3.8) is 0 Å². The standard InChI is InChI=1S/C17H11ClN2O5/c18-13-5-1-11(2-6-13)16-9-14(19-25-16)10-24-17(21)12-3-7-15(8-4-12)20(22)23/h1-9H,10H2. The first kappa shape index (κ1) is 16.7. The molecule has 0 aliphatic carbocycles. The molecular formula is C17H11ClN2O5. The molecule has 0 radical (unpaired) electrons. The molecule has 0 aliphatic heterocycles.